The first-order valence-corrected chi connectivity index (χ1v) is 7.02. The van der Waals surface area contributed by atoms with Crippen LogP contribution in [-0.2, 0) is 11.2 Å². The van der Waals surface area contributed by atoms with Crippen molar-refractivity contribution in [2.75, 3.05) is 5.32 Å². The van der Waals surface area contributed by atoms with Gasteiger partial charge in [0.1, 0.15) is 0 Å². The number of halogens is 1. The first-order chi connectivity index (χ1) is 8.63. The van der Waals surface area contributed by atoms with Crippen LogP contribution >= 0.6 is 27.3 Å². The summed E-state index contributed by atoms with van der Waals surface area (Å²) in [7, 11) is 0. The SMILES string of the molecule is O=C1Cc2cc(C(=O)c3csc(Br)c3)ccc2N1. The maximum Gasteiger partial charge on any atom is 0.228 e. The summed E-state index contributed by atoms with van der Waals surface area (Å²) in [6.07, 6.45) is 0.351. The highest BCUT2D eigenvalue weighted by molar-refractivity contribution is 9.11. The molecule has 0 bridgehead atoms. The number of hydrogen-bond donors (Lipinski definition) is 1. The predicted molar refractivity (Wildman–Crippen MR) is 74.2 cm³/mol. The average Bonchev–Trinajstić information content (AvgIpc) is 2.92. The molecule has 0 fully saturated rings. The van der Waals surface area contributed by atoms with Crippen LogP contribution in [0.1, 0.15) is 21.5 Å². The number of benzene rings is 1. The molecule has 2 heterocycles. The van der Waals surface area contributed by atoms with Gasteiger partial charge in [-0.3, -0.25) is 9.59 Å². The molecule has 1 N–H and O–H groups in total. The van der Waals surface area contributed by atoms with Crippen molar-refractivity contribution in [1.82, 2.24) is 0 Å². The molecule has 0 saturated carbocycles. The molecular formula is C13H8BrNO2S. The summed E-state index contributed by atoms with van der Waals surface area (Å²) in [6.45, 7) is 0. The maximum atomic E-state index is 12.2. The van der Waals surface area contributed by atoms with E-state index in [-0.39, 0.29) is 11.7 Å². The van der Waals surface area contributed by atoms with Crippen molar-refractivity contribution in [3.05, 3.63) is 50.1 Å². The van der Waals surface area contributed by atoms with Crippen LogP contribution in [0.3, 0.4) is 0 Å². The molecule has 1 aromatic heterocycles. The minimum atomic E-state index is -0.0205. The quantitative estimate of drug-likeness (QED) is 0.863. The molecule has 2 aromatic rings. The summed E-state index contributed by atoms with van der Waals surface area (Å²) in [6, 6.07) is 7.14. The molecule has 1 aliphatic rings. The van der Waals surface area contributed by atoms with Gasteiger partial charge >= 0.3 is 0 Å². The van der Waals surface area contributed by atoms with Gasteiger partial charge in [0, 0.05) is 22.2 Å². The van der Waals surface area contributed by atoms with Gasteiger partial charge < -0.3 is 5.32 Å². The first-order valence-electron chi connectivity index (χ1n) is 5.35. The lowest BCUT2D eigenvalue weighted by molar-refractivity contribution is -0.115. The largest absolute Gasteiger partial charge is 0.326 e. The molecule has 1 aromatic carbocycles. The fourth-order valence-electron chi connectivity index (χ4n) is 1.97. The number of amides is 1. The van der Waals surface area contributed by atoms with Crippen molar-refractivity contribution in [3.8, 4) is 0 Å². The minimum absolute atomic E-state index is 0.0147. The molecule has 18 heavy (non-hydrogen) atoms. The Kier molecular flexibility index (Phi) is 2.80. The molecule has 0 unspecified atom stereocenters. The first kappa shape index (κ1) is 11.6. The van der Waals surface area contributed by atoms with Gasteiger partial charge in [-0.1, -0.05) is 0 Å². The Balaban J connectivity index is 1.96. The van der Waals surface area contributed by atoms with E-state index in [0.29, 0.717) is 17.5 Å². The summed E-state index contributed by atoms with van der Waals surface area (Å²) in [4.78, 5) is 23.5. The van der Waals surface area contributed by atoms with Crippen LogP contribution in [0.15, 0.2) is 33.4 Å². The zero-order valence-electron chi connectivity index (χ0n) is 9.20. The van der Waals surface area contributed by atoms with Gasteiger partial charge in [0.2, 0.25) is 5.91 Å². The Hall–Kier alpha value is -1.46. The normalized spacial score (nSPS) is 13.3. The van der Waals surface area contributed by atoms with E-state index >= 15 is 0 Å². The predicted octanol–water partition coefficient (Wildman–Crippen LogP) is 3.24. The molecule has 1 amide bonds. The maximum absolute atomic E-state index is 12.2. The molecule has 90 valence electrons. The van der Waals surface area contributed by atoms with Crippen LogP contribution in [0, 0.1) is 0 Å². The summed E-state index contributed by atoms with van der Waals surface area (Å²) < 4.78 is 0.934. The van der Waals surface area contributed by atoms with Crippen LogP contribution < -0.4 is 5.32 Å². The summed E-state index contributed by atoms with van der Waals surface area (Å²) >= 11 is 4.82. The standard InChI is InChI=1S/C13H8BrNO2S/c14-11-4-9(6-18-11)13(17)7-1-2-10-8(3-7)5-12(16)15-10/h1-4,6H,5H2,(H,15,16). The van der Waals surface area contributed by atoms with E-state index in [2.05, 4.69) is 21.2 Å². The van der Waals surface area contributed by atoms with Crippen LogP contribution in [0.2, 0.25) is 0 Å². The third-order valence-corrected chi connectivity index (χ3v) is 4.33. The second-order valence-electron chi connectivity index (χ2n) is 4.07. The zero-order valence-corrected chi connectivity index (χ0v) is 11.6. The van der Waals surface area contributed by atoms with E-state index in [0.717, 1.165) is 15.0 Å². The van der Waals surface area contributed by atoms with Gasteiger partial charge in [0.05, 0.1) is 10.2 Å². The highest BCUT2D eigenvalue weighted by Gasteiger charge is 2.19. The molecule has 0 spiro atoms. The molecule has 5 heteroatoms. The van der Waals surface area contributed by atoms with Gasteiger partial charge in [0.15, 0.2) is 5.78 Å². The molecule has 3 rings (SSSR count). The Morgan fingerprint density at radius 1 is 1.28 bits per heavy atom. The van der Waals surface area contributed by atoms with Crippen molar-refractivity contribution < 1.29 is 9.59 Å². The van der Waals surface area contributed by atoms with E-state index < -0.39 is 0 Å². The number of carbonyl (C=O) groups is 2. The molecule has 0 radical (unpaired) electrons. The van der Waals surface area contributed by atoms with E-state index in [1.165, 1.54) is 11.3 Å². The fourth-order valence-corrected chi connectivity index (χ4v) is 3.10. The van der Waals surface area contributed by atoms with Crippen LogP contribution in [-0.4, -0.2) is 11.7 Å². The van der Waals surface area contributed by atoms with Gasteiger partial charge in [0.25, 0.3) is 0 Å². The number of hydrogen-bond acceptors (Lipinski definition) is 3. The molecule has 1 aliphatic heterocycles. The minimum Gasteiger partial charge on any atom is -0.326 e. The third-order valence-electron chi connectivity index (χ3n) is 2.82. The highest BCUT2D eigenvalue weighted by atomic mass is 79.9. The van der Waals surface area contributed by atoms with E-state index in [4.69, 9.17) is 0 Å². The Bertz CT molecular complexity index is 663. The lowest BCUT2D eigenvalue weighted by Crippen LogP contribution is -2.03. The van der Waals surface area contributed by atoms with Gasteiger partial charge in [-0.25, -0.2) is 0 Å². The van der Waals surface area contributed by atoms with E-state index in [1.807, 2.05) is 11.4 Å². The summed E-state index contributed by atoms with van der Waals surface area (Å²) in [5.41, 5.74) is 2.99. The van der Waals surface area contributed by atoms with Crippen LogP contribution in [0.4, 0.5) is 5.69 Å². The number of anilines is 1. The number of nitrogens with one attached hydrogen (secondary N) is 1. The third kappa shape index (κ3) is 2.00. The van der Waals surface area contributed by atoms with Crippen LogP contribution in [0.25, 0.3) is 0 Å². The van der Waals surface area contributed by atoms with E-state index in [9.17, 15) is 9.59 Å². The van der Waals surface area contributed by atoms with Crippen molar-refractivity contribution >= 4 is 44.6 Å². The lowest BCUT2D eigenvalue weighted by atomic mass is 10.0. The topological polar surface area (TPSA) is 46.2 Å². The Morgan fingerprint density at radius 2 is 2.11 bits per heavy atom. The Morgan fingerprint density at radius 3 is 2.83 bits per heavy atom. The van der Waals surface area contributed by atoms with Gasteiger partial charge in [-0.05, 0) is 45.8 Å². The fraction of sp³-hybridized carbons (Fsp3) is 0.0769. The molecule has 0 saturated heterocycles. The van der Waals surface area contributed by atoms with Crippen molar-refractivity contribution in [2.45, 2.75) is 6.42 Å². The molecule has 0 aliphatic carbocycles. The highest BCUT2D eigenvalue weighted by Crippen LogP contribution is 2.27. The van der Waals surface area contributed by atoms with Gasteiger partial charge in [-0.2, -0.15) is 0 Å². The summed E-state index contributed by atoms with van der Waals surface area (Å²) in [5, 5.41) is 4.57. The second kappa shape index (κ2) is 4.33. The molecular weight excluding hydrogens is 314 g/mol. The van der Waals surface area contributed by atoms with Crippen molar-refractivity contribution in [1.29, 1.82) is 0 Å². The number of rotatable bonds is 2. The van der Waals surface area contributed by atoms with Crippen LogP contribution in [0.5, 0.6) is 0 Å². The number of carbonyl (C=O) groups excluding carboxylic acids is 2. The number of ketones is 1. The van der Waals surface area contributed by atoms with Crippen molar-refractivity contribution in [2.24, 2.45) is 0 Å². The second-order valence-corrected chi connectivity index (χ2v) is 6.36. The Labute approximate surface area is 116 Å². The van der Waals surface area contributed by atoms with Crippen molar-refractivity contribution in [3.63, 3.8) is 0 Å². The molecule has 0 atom stereocenters. The monoisotopic (exact) mass is 321 g/mol. The summed E-state index contributed by atoms with van der Waals surface area (Å²) in [5.74, 6) is -0.0352. The number of thiophene rings is 1. The average molecular weight is 322 g/mol. The molecule has 3 nitrogen and oxygen atoms in total. The smallest absolute Gasteiger partial charge is 0.228 e. The lowest BCUT2D eigenvalue weighted by Gasteiger charge is -2.02. The van der Waals surface area contributed by atoms with E-state index in [1.54, 1.807) is 18.2 Å². The van der Waals surface area contributed by atoms with Gasteiger partial charge in [-0.15, -0.1) is 11.3 Å². The number of fused-ring (bicyclic) bond motifs is 1. The zero-order chi connectivity index (χ0) is 12.7.